The molecule has 0 saturated carbocycles. The van der Waals surface area contributed by atoms with E-state index in [1.807, 2.05) is 0 Å². The van der Waals surface area contributed by atoms with E-state index in [1.54, 1.807) is 26.8 Å². The lowest BCUT2D eigenvalue weighted by atomic mass is 10.0. The predicted molar refractivity (Wildman–Crippen MR) is 75.3 cm³/mol. The quantitative estimate of drug-likeness (QED) is 0.654. The number of ether oxygens (including phenoxy) is 1. The third-order valence-corrected chi connectivity index (χ3v) is 3.08. The van der Waals surface area contributed by atoms with Gasteiger partial charge >= 0.3 is 5.97 Å². The smallest absolute Gasteiger partial charge is 0.340 e. The molecule has 2 heterocycles. The minimum absolute atomic E-state index is 0.0135. The first-order chi connectivity index (χ1) is 10.5. The van der Waals surface area contributed by atoms with Gasteiger partial charge in [0, 0.05) is 11.4 Å². The van der Waals surface area contributed by atoms with Gasteiger partial charge in [-0.15, -0.1) is 5.10 Å². The Morgan fingerprint density at radius 2 is 2.05 bits per heavy atom. The van der Waals surface area contributed by atoms with Crippen LogP contribution >= 0.6 is 0 Å². The standard InChI is InChI=1S/C14H15N5O3/c1-4-22-14(21)13-9(3)17-8(2)12(13)10(20)6-19-7-16-11(5-15)18-19/h7,17H,4,6H2,1-3H3. The second kappa shape index (κ2) is 6.22. The molecule has 2 rings (SSSR count). The number of Topliss-reactive ketones (excluding diaryl/α,β-unsaturated/α-hetero) is 1. The molecule has 2 aromatic heterocycles. The highest BCUT2D eigenvalue weighted by Gasteiger charge is 2.25. The van der Waals surface area contributed by atoms with Crippen LogP contribution in [0.4, 0.5) is 0 Å². The fraction of sp³-hybridized carbons (Fsp3) is 0.357. The maximum absolute atomic E-state index is 12.5. The summed E-state index contributed by atoms with van der Waals surface area (Å²) in [5.41, 5.74) is 1.69. The highest BCUT2D eigenvalue weighted by Crippen LogP contribution is 2.20. The Balaban J connectivity index is 2.33. The van der Waals surface area contributed by atoms with Gasteiger partial charge in [0.15, 0.2) is 5.78 Å². The van der Waals surface area contributed by atoms with Crippen molar-refractivity contribution < 1.29 is 14.3 Å². The van der Waals surface area contributed by atoms with Gasteiger partial charge in [-0.1, -0.05) is 0 Å². The summed E-state index contributed by atoms with van der Waals surface area (Å²) in [6.07, 6.45) is 1.30. The van der Waals surface area contributed by atoms with Gasteiger partial charge < -0.3 is 9.72 Å². The summed E-state index contributed by atoms with van der Waals surface area (Å²) in [7, 11) is 0. The maximum Gasteiger partial charge on any atom is 0.340 e. The average Bonchev–Trinajstić information content (AvgIpc) is 3.02. The number of hydrogen-bond acceptors (Lipinski definition) is 6. The van der Waals surface area contributed by atoms with Gasteiger partial charge in [0.25, 0.3) is 5.82 Å². The molecule has 0 saturated heterocycles. The Labute approximate surface area is 126 Å². The lowest BCUT2D eigenvalue weighted by Gasteiger charge is -2.05. The van der Waals surface area contributed by atoms with E-state index in [-0.39, 0.29) is 35.9 Å². The molecule has 1 N–H and O–H groups in total. The number of rotatable bonds is 5. The van der Waals surface area contributed by atoms with Crippen LogP contribution in [0.3, 0.4) is 0 Å². The molecule has 0 aliphatic carbocycles. The van der Waals surface area contributed by atoms with Crippen molar-refractivity contribution in [2.75, 3.05) is 6.61 Å². The van der Waals surface area contributed by atoms with Crippen molar-refractivity contribution in [3.05, 3.63) is 34.7 Å². The van der Waals surface area contributed by atoms with Crippen molar-refractivity contribution in [1.82, 2.24) is 19.7 Å². The molecule has 0 fully saturated rings. The molecule has 8 heteroatoms. The molecule has 0 atom stereocenters. The number of aryl methyl sites for hydroxylation is 2. The lowest BCUT2D eigenvalue weighted by molar-refractivity contribution is 0.0522. The Hall–Kier alpha value is -2.95. The van der Waals surface area contributed by atoms with E-state index in [4.69, 9.17) is 10.00 Å². The molecular formula is C14H15N5O3. The van der Waals surface area contributed by atoms with Crippen molar-refractivity contribution in [1.29, 1.82) is 5.26 Å². The van der Waals surface area contributed by atoms with Gasteiger partial charge in [-0.25, -0.2) is 14.5 Å². The summed E-state index contributed by atoms with van der Waals surface area (Å²) in [5, 5.41) is 12.5. The van der Waals surface area contributed by atoms with E-state index < -0.39 is 5.97 Å². The molecule has 0 aromatic carbocycles. The van der Waals surface area contributed by atoms with Crippen LogP contribution in [0.1, 0.15) is 44.9 Å². The average molecular weight is 301 g/mol. The van der Waals surface area contributed by atoms with Crippen LogP contribution in [0.25, 0.3) is 0 Å². The molecule has 0 amide bonds. The van der Waals surface area contributed by atoms with Crippen LogP contribution < -0.4 is 0 Å². The second-order valence-electron chi connectivity index (χ2n) is 4.65. The first-order valence-electron chi connectivity index (χ1n) is 6.67. The largest absolute Gasteiger partial charge is 0.462 e. The lowest BCUT2D eigenvalue weighted by Crippen LogP contribution is -2.16. The zero-order valence-corrected chi connectivity index (χ0v) is 12.5. The first kappa shape index (κ1) is 15.4. The zero-order valence-electron chi connectivity index (χ0n) is 12.5. The molecular weight excluding hydrogens is 286 g/mol. The third-order valence-electron chi connectivity index (χ3n) is 3.08. The van der Waals surface area contributed by atoms with Gasteiger partial charge in [0.1, 0.15) is 18.9 Å². The molecule has 2 aromatic rings. The molecule has 0 radical (unpaired) electrons. The number of esters is 1. The van der Waals surface area contributed by atoms with Gasteiger partial charge in [-0.2, -0.15) is 5.26 Å². The summed E-state index contributed by atoms with van der Waals surface area (Å²) < 4.78 is 6.26. The van der Waals surface area contributed by atoms with Crippen molar-refractivity contribution in [3.63, 3.8) is 0 Å². The molecule has 0 spiro atoms. The van der Waals surface area contributed by atoms with Crippen LogP contribution in [0, 0.1) is 25.2 Å². The molecule has 22 heavy (non-hydrogen) atoms. The second-order valence-corrected chi connectivity index (χ2v) is 4.65. The van der Waals surface area contributed by atoms with Crippen LogP contribution in [0.15, 0.2) is 6.33 Å². The number of nitrogens with one attached hydrogen (secondary N) is 1. The van der Waals surface area contributed by atoms with E-state index in [9.17, 15) is 9.59 Å². The van der Waals surface area contributed by atoms with Crippen LogP contribution in [0.2, 0.25) is 0 Å². The highest BCUT2D eigenvalue weighted by atomic mass is 16.5. The summed E-state index contributed by atoms with van der Waals surface area (Å²) in [5.74, 6) is -0.858. The van der Waals surface area contributed by atoms with Crippen molar-refractivity contribution in [2.45, 2.75) is 27.3 Å². The number of hydrogen-bond donors (Lipinski definition) is 1. The summed E-state index contributed by atoms with van der Waals surface area (Å²) in [6, 6.07) is 1.79. The highest BCUT2D eigenvalue weighted by molar-refractivity contribution is 6.08. The predicted octanol–water partition coefficient (Wildman–Crippen LogP) is 1.15. The molecule has 0 aliphatic rings. The number of aromatic amines is 1. The van der Waals surface area contributed by atoms with Gasteiger partial charge in [0.2, 0.25) is 0 Å². The van der Waals surface area contributed by atoms with E-state index in [0.29, 0.717) is 11.4 Å². The Bertz CT molecular complexity index is 766. The molecule has 0 unspecified atom stereocenters. The van der Waals surface area contributed by atoms with Crippen LogP contribution in [-0.2, 0) is 11.3 Å². The van der Waals surface area contributed by atoms with E-state index in [1.165, 1.54) is 11.0 Å². The Kier molecular flexibility index (Phi) is 4.36. The van der Waals surface area contributed by atoms with E-state index >= 15 is 0 Å². The van der Waals surface area contributed by atoms with Crippen molar-refractivity contribution in [2.24, 2.45) is 0 Å². The molecule has 0 bridgehead atoms. The third kappa shape index (κ3) is 2.88. The minimum atomic E-state index is -0.538. The number of carbonyl (C=O) groups is 2. The summed E-state index contributed by atoms with van der Waals surface area (Å²) in [4.78, 5) is 31.2. The number of ketones is 1. The minimum Gasteiger partial charge on any atom is -0.462 e. The zero-order chi connectivity index (χ0) is 16.3. The first-order valence-corrected chi connectivity index (χ1v) is 6.67. The van der Waals surface area contributed by atoms with Gasteiger partial charge in [-0.05, 0) is 20.8 Å². The fourth-order valence-electron chi connectivity index (χ4n) is 2.24. The van der Waals surface area contributed by atoms with Crippen molar-refractivity contribution in [3.8, 4) is 6.07 Å². The molecule has 114 valence electrons. The topological polar surface area (TPSA) is 114 Å². The normalized spacial score (nSPS) is 10.3. The number of aromatic nitrogens is 4. The fourth-order valence-corrected chi connectivity index (χ4v) is 2.24. The van der Waals surface area contributed by atoms with Gasteiger partial charge in [-0.3, -0.25) is 4.79 Å². The molecule has 8 nitrogen and oxygen atoms in total. The maximum atomic E-state index is 12.5. The monoisotopic (exact) mass is 301 g/mol. The Morgan fingerprint density at radius 1 is 1.36 bits per heavy atom. The number of nitriles is 1. The number of nitrogens with zero attached hydrogens (tertiary/aromatic N) is 4. The van der Waals surface area contributed by atoms with Crippen molar-refractivity contribution >= 4 is 11.8 Å². The number of H-pyrrole nitrogens is 1. The van der Waals surface area contributed by atoms with Crippen LogP contribution in [-0.4, -0.2) is 38.1 Å². The number of carbonyl (C=O) groups excluding carboxylic acids is 2. The molecule has 0 aliphatic heterocycles. The summed E-state index contributed by atoms with van der Waals surface area (Å²) >= 11 is 0. The Morgan fingerprint density at radius 3 is 2.64 bits per heavy atom. The van der Waals surface area contributed by atoms with Gasteiger partial charge in [0.05, 0.1) is 17.7 Å². The van der Waals surface area contributed by atoms with E-state index in [2.05, 4.69) is 15.1 Å². The SMILES string of the molecule is CCOC(=O)c1c(C)[nH]c(C)c1C(=O)Cn1cnc(C#N)n1. The van der Waals surface area contributed by atoms with Crippen LogP contribution in [0.5, 0.6) is 0 Å². The van der Waals surface area contributed by atoms with E-state index in [0.717, 1.165) is 0 Å². The summed E-state index contributed by atoms with van der Waals surface area (Å²) in [6.45, 7) is 5.24.